The third kappa shape index (κ3) is 2.45. The van der Waals surface area contributed by atoms with E-state index in [1.165, 1.54) is 12.1 Å². The van der Waals surface area contributed by atoms with Crippen LogP contribution in [0.25, 0.3) is 0 Å². The maximum atomic E-state index is 12.9. The summed E-state index contributed by atoms with van der Waals surface area (Å²) in [7, 11) is 0. The number of hydrogen-bond donors (Lipinski definition) is 1. The lowest BCUT2D eigenvalue weighted by molar-refractivity contribution is 0.115. The molecule has 1 atom stereocenters. The Hall–Kier alpha value is -0.550. The van der Waals surface area contributed by atoms with Crippen LogP contribution in [0.4, 0.5) is 13.2 Å². The van der Waals surface area contributed by atoms with Crippen LogP contribution >= 0.6 is 15.9 Å². The highest BCUT2D eigenvalue weighted by molar-refractivity contribution is 9.10. The Bertz CT molecular complexity index is 303. The normalized spacial score (nSPS) is 13.4. The predicted octanol–water partition coefficient (Wildman–Crippen LogP) is 2.85. The van der Waals surface area contributed by atoms with Gasteiger partial charge in [0, 0.05) is 10.0 Å². The Balaban J connectivity index is 3.05. The molecular formula is C8H7BrF3N. The van der Waals surface area contributed by atoms with Gasteiger partial charge in [0.05, 0.1) is 6.04 Å². The molecule has 0 saturated heterocycles. The first kappa shape index (κ1) is 10.5. The standard InChI is InChI=1S/C8H7BrF3N/c9-4-1-2-6(10)5(3-4)7(13)8(11)12/h1-3,7-8H,13H2. The Morgan fingerprint density at radius 3 is 2.46 bits per heavy atom. The van der Waals surface area contributed by atoms with Crippen LogP contribution in [-0.4, -0.2) is 6.43 Å². The highest BCUT2D eigenvalue weighted by atomic mass is 79.9. The maximum absolute atomic E-state index is 12.9. The van der Waals surface area contributed by atoms with Gasteiger partial charge in [-0.2, -0.15) is 0 Å². The van der Waals surface area contributed by atoms with Crippen LogP contribution < -0.4 is 5.73 Å². The van der Waals surface area contributed by atoms with E-state index in [0.717, 1.165) is 6.07 Å². The predicted molar refractivity (Wildman–Crippen MR) is 47.0 cm³/mol. The summed E-state index contributed by atoms with van der Waals surface area (Å²) in [5.41, 5.74) is 4.92. The van der Waals surface area contributed by atoms with E-state index in [1.54, 1.807) is 0 Å². The maximum Gasteiger partial charge on any atom is 0.257 e. The molecule has 0 bridgehead atoms. The molecule has 0 amide bonds. The zero-order chi connectivity index (χ0) is 10.0. The van der Waals surface area contributed by atoms with Gasteiger partial charge in [-0.05, 0) is 18.2 Å². The van der Waals surface area contributed by atoms with Crippen LogP contribution in [-0.2, 0) is 0 Å². The van der Waals surface area contributed by atoms with Gasteiger partial charge in [0.2, 0.25) is 0 Å². The third-order valence-electron chi connectivity index (χ3n) is 1.59. The molecule has 0 aliphatic heterocycles. The van der Waals surface area contributed by atoms with Crippen molar-refractivity contribution in [3.8, 4) is 0 Å². The summed E-state index contributed by atoms with van der Waals surface area (Å²) in [6.45, 7) is 0. The summed E-state index contributed by atoms with van der Waals surface area (Å²) in [6, 6.07) is 2.21. The summed E-state index contributed by atoms with van der Waals surface area (Å²) < 4.78 is 37.7. The van der Waals surface area contributed by atoms with Crippen molar-refractivity contribution in [1.29, 1.82) is 0 Å². The first-order valence-electron chi connectivity index (χ1n) is 3.51. The largest absolute Gasteiger partial charge is 0.319 e. The second-order valence-corrected chi connectivity index (χ2v) is 3.44. The van der Waals surface area contributed by atoms with E-state index in [1.807, 2.05) is 0 Å². The van der Waals surface area contributed by atoms with Crippen molar-refractivity contribution in [2.75, 3.05) is 0 Å². The summed E-state index contributed by atoms with van der Waals surface area (Å²) in [5, 5.41) is 0. The van der Waals surface area contributed by atoms with Gasteiger partial charge in [0.15, 0.2) is 0 Å². The topological polar surface area (TPSA) is 26.0 Å². The fourth-order valence-corrected chi connectivity index (χ4v) is 1.28. The first-order chi connectivity index (χ1) is 6.02. The van der Waals surface area contributed by atoms with E-state index in [2.05, 4.69) is 15.9 Å². The minimum atomic E-state index is -2.76. The van der Waals surface area contributed by atoms with Crippen molar-refractivity contribution < 1.29 is 13.2 Å². The monoisotopic (exact) mass is 253 g/mol. The fraction of sp³-hybridized carbons (Fsp3) is 0.250. The summed E-state index contributed by atoms with van der Waals surface area (Å²) in [5.74, 6) is -0.712. The molecule has 1 nitrogen and oxygen atoms in total. The van der Waals surface area contributed by atoms with Crippen molar-refractivity contribution in [3.63, 3.8) is 0 Å². The lowest BCUT2D eigenvalue weighted by Gasteiger charge is -2.11. The molecule has 2 N–H and O–H groups in total. The van der Waals surface area contributed by atoms with Gasteiger partial charge in [0.1, 0.15) is 5.82 Å². The molecule has 0 fully saturated rings. The van der Waals surface area contributed by atoms with Gasteiger partial charge in [-0.25, -0.2) is 13.2 Å². The smallest absolute Gasteiger partial charge is 0.257 e. The lowest BCUT2D eigenvalue weighted by Crippen LogP contribution is -2.20. The first-order valence-corrected chi connectivity index (χ1v) is 4.30. The summed E-state index contributed by atoms with van der Waals surface area (Å²) in [4.78, 5) is 0. The molecule has 0 aliphatic rings. The Morgan fingerprint density at radius 2 is 1.92 bits per heavy atom. The van der Waals surface area contributed by atoms with E-state index in [9.17, 15) is 13.2 Å². The number of rotatable bonds is 2. The average Bonchev–Trinajstić information content (AvgIpc) is 2.08. The van der Waals surface area contributed by atoms with E-state index < -0.39 is 18.3 Å². The molecule has 0 radical (unpaired) electrons. The third-order valence-corrected chi connectivity index (χ3v) is 2.08. The Labute approximate surface area is 81.9 Å². The van der Waals surface area contributed by atoms with E-state index in [-0.39, 0.29) is 5.56 Å². The zero-order valence-corrected chi connectivity index (χ0v) is 8.06. The molecule has 0 heterocycles. The highest BCUT2D eigenvalue weighted by Gasteiger charge is 2.20. The van der Waals surface area contributed by atoms with Crippen LogP contribution in [0, 0.1) is 5.82 Å². The van der Waals surface area contributed by atoms with Crippen molar-refractivity contribution in [2.45, 2.75) is 12.5 Å². The second kappa shape index (κ2) is 4.11. The molecule has 0 spiro atoms. The number of halogens is 4. The summed E-state index contributed by atoms with van der Waals surface area (Å²) in [6.07, 6.45) is -2.76. The Kier molecular flexibility index (Phi) is 3.33. The van der Waals surface area contributed by atoms with Gasteiger partial charge >= 0.3 is 0 Å². The van der Waals surface area contributed by atoms with Crippen molar-refractivity contribution in [3.05, 3.63) is 34.1 Å². The number of nitrogens with two attached hydrogens (primary N) is 1. The lowest BCUT2D eigenvalue weighted by atomic mass is 10.1. The van der Waals surface area contributed by atoms with E-state index in [4.69, 9.17) is 5.73 Å². The molecule has 0 aliphatic carbocycles. The average molecular weight is 254 g/mol. The van der Waals surface area contributed by atoms with Gasteiger partial charge in [-0.15, -0.1) is 0 Å². The number of hydrogen-bond acceptors (Lipinski definition) is 1. The van der Waals surface area contributed by atoms with Crippen LogP contribution in [0.5, 0.6) is 0 Å². The SMILES string of the molecule is NC(c1cc(Br)ccc1F)C(F)F. The quantitative estimate of drug-likeness (QED) is 0.862. The molecule has 1 rings (SSSR count). The van der Waals surface area contributed by atoms with Crippen molar-refractivity contribution in [1.82, 2.24) is 0 Å². The van der Waals surface area contributed by atoms with Gasteiger partial charge < -0.3 is 5.73 Å². The van der Waals surface area contributed by atoms with E-state index in [0.29, 0.717) is 4.47 Å². The van der Waals surface area contributed by atoms with E-state index >= 15 is 0 Å². The molecule has 1 unspecified atom stereocenters. The second-order valence-electron chi connectivity index (χ2n) is 2.53. The molecule has 0 saturated carbocycles. The minimum absolute atomic E-state index is 0.177. The molecule has 72 valence electrons. The Morgan fingerprint density at radius 1 is 1.31 bits per heavy atom. The molecule has 13 heavy (non-hydrogen) atoms. The van der Waals surface area contributed by atoms with Crippen LogP contribution in [0.3, 0.4) is 0 Å². The van der Waals surface area contributed by atoms with Crippen LogP contribution in [0.1, 0.15) is 11.6 Å². The molecule has 1 aromatic carbocycles. The van der Waals surface area contributed by atoms with Gasteiger partial charge in [0.25, 0.3) is 6.43 Å². The van der Waals surface area contributed by atoms with Crippen LogP contribution in [0.15, 0.2) is 22.7 Å². The molecular weight excluding hydrogens is 247 g/mol. The fourth-order valence-electron chi connectivity index (χ4n) is 0.906. The zero-order valence-electron chi connectivity index (χ0n) is 6.48. The highest BCUT2D eigenvalue weighted by Crippen LogP contribution is 2.24. The van der Waals surface area contributed by atoms with Crippen LogP contribution in [0.2, 0.25) is 0 Å². The van der Waals surface area contributed by atoms with Crippen molar-refractivity contribution in [2.24, 2.45) is 5.73 Å². The summed E-state index contributed by atoms with van der Waals surface area (Å²) >= 11 is 3.05. The number of benzene rings is 1. The van der Waals surface area contributed by atoms with Gasteiger partial charge in [-0.3, -0.25) is 0 Å². The molecule has 0 aromatic heterocycles. The van der Waals surface area contributed by atoms with Gasteiger partial charge in [-0.1, -0.05) is 15.9 Å². The van der Waals surface area contributed by atoms with Crippen molar-refractivity contribution >= 4 is 15.9 Å². The molecule has 1 aromatic rings. The number of alkyl halides is 2. The minimum Gasteiger partial charge on any atom is -0.319 e. The molecule has 5 heteroatoms.